The molecule has 0 saturated heterocycles. The second-order valence-electron chi connectivity index (χ2n) is 6.59. The number of amides is 1. The lowest BCUT2D eigenvalue weighted by molar-refractivity contribution is 0.0500. The number of aromatic nitrogens is 2. The van der Waals surface area contributed by atoms with E-state index in [2.05, 4.69) is 28.7 Å². The smallest absolute Gasteiger partial charge is 0.408 e. The fourth-order valence-corrected chi connectivity index (χ4v) is 2.07. The van der Waals surface area contributed by atoms with Crippen LogP contribution in [0, 0.1) is 5.92 Å². The van der Waals surface area contributed by atoms with Gasteiger partial charge in [0.25, 0.3) is 0 Å². The summed E-state index contributed by atoms with van der Waals surface area (Å²) >= 11 is 0. The first-order valence-corrected chi connectivity index (χ1v) is 7.76. The Morgan fingerprint density at radius 1 is 1.38 bits per heavy atom. The molecule has 1 heterocycles. The monoisotopic (exact) mass is 295 g/mol. The number of nitrogens with zero attached hydrogens (tertiary/aromatic N) is 2. The summed E-state index contributed by atoms with van der Waals surface area (Å²) in [5, 5.41) is 2.94. The molecule has 0 aliphatic heterocycles. The first kappa shape index (κ1) is 17.5. The van der Waals surface area contributed by atoms with Gasteiger partial charge < -0.3 is 14.6 Å². The molecular weight excluding hydrogens is 266 g/mol. The lowest BCUT2D eigenvalue weighted by Gasteiger charge is -2.24. The highest BCUT2D eigenvalue weighted by Crippen LogP contribution is 2.19. The Morgan fingerprint density at radius 3 is 2.57 bits per heavy atom. The molecule has 120 valence electrons. The summed E-state index contributed by atoms with van der Waals surface area (Å²) < 4.78 is 7.46. The maximum atomic E-state index is 11.9. The van der Waals surface area contributed by atoms with Gasteiger partial charge in [0.2, 0.25) is 0 Å². The fourth-order valence-electron chi connectivity index (χ4n) is 2.07. The van der Waals surface area contributed by atoms with E-state index in [1.54, 1.807) is 0 Å². The fraction of sp³-hybridized carbons (Fsp3) is 0.750. The van der Waals surface area contributed by atoms with Crippen LogP contribution in [0.1, 0.15) is 66.1 Å². The van der Waals surface area contributed by atoms with Crippen LogP contribution in [0.4, 0.5) is 4.79 Å². The number of imidazole rings is 1. The van der Waals surface area contributed by atoms with Gasteiger partial charge in [-0.05, 0) is 33.1 Å². The van der Waals surface area contributed by atoms with E-state index >= 15 is 0 Å². The van der Waals surface area contributed by atoms with Crippen molar-refractivity contribution in [2.75, 3.05) is 0 Å². The second kappa shape index (κ2) is 7.48. The summed E-state index contributed by atoms with van der Waals surface area (Å²) in [5.41, 5.74) is 0.544. The minimum atomic E-state index is -0.487. The first-order valence-electron chi connectivity index (χ1n) is 7.76. The van der Waals surface area contributed by atoms with Crippen molar-refractivity contribution in [1.29, 1.82) is 0 Å². The van der Waals surface area contributed by atoms with E-state index < -0.39 is 5.60 Å². The van der Waals surface area contributed by atoms with Gasteiger partial charge in [-0.3, -0.25) is 0 Å². The van der Waals surface area contributed by atoms with Gasteiger partial charge in [0.15, 0.2) is 0 Å². The topological polar surface area (TPSA) is 56.2 Å². The number of nitrogens with one attached hydrogen (secondary N) is 1. The predicted octanol–water partition coefficient (Wildman–Crippen LogP) is 3.91. The minimum Gasteiger partial charge on any atom is -0.444 e. The van der Waals surface area contributed by atoms with E-state index in [0.29, 0.717) is 5.92 Å². The molecule has 0 bridgehead atoms. The molecule has 0 aliphatic carbocycles. The molecule has 0 fully saturated rings. The van der Waals surface area contributed by atoms with E-state index in [1.807, 2.05) is 40.2 Å². The normalized spacial score (nSPS) is 14.6. The molecule has 0 radical (unpaired) electrons. The van der Waals surface area contributed by atoms with E-state index in [-0.39, 0.29) is 12.1 Å². The van der Waals surface area contributed by atoms with Gasteiger partial charge in [0.1, 0.15) is 5.60 Å². The number of rotatable bonds is 6. The highest BCUT2D eigenvalue weighted by molar-refractivity contribution is 5.68. The van der Waals surface area contributed by atoms with Crippen molar-refractivity contribution in [2.45, 2.75) is 72.6 Å². The molecule has 21 heavy (non-hydrogen) atoms. The Kier molecular flexibility index (Phi) is 6.24. The van der Waals surface area contributed by atoms with Crippen LogP contribution in [-0.4, -0.2) is 21.2 Å². The van der Waals surface area contributed by atoms with Crippen LogP contribution in [0.2, 0.25) is 0 Å². The van der Waals surface area contributed by atoms with Crippen molar-refractivity contribution in [1.82, 2.24) is 14.9 Å². The van der Waals surface area contributed by atoms with Crippen molar-refractivity contribution < 1.29 is 9.53 Å². The molecule has 0 aliphatic rings. The molecule has 5 heteroatoms. The quantitative estimate of drug-likeness (QED) is 0.865. The zero-order valence-electron chi connectivity index (χ0n) is 14.1. The Hall–Kier alpha value is -1.52. The van der Waals surface area contributed by atoms with Crippen molar-refractivity contribution in [3.63, 3.8) is 0 Å². The Bertz CT molecular complexity index is 449. The second-order valence-corrected chi connectivity index (χ2v) is 6.59. The van der Waals surface area contributed by atoms with E-state index in [1.165, 1.54) is 0 Å². The molecular formula is C16H29N3O2. The summed E-state index contributed by atoms with van der Waals surface area (Å²) in [4.78, 5) is 16.2. The third-order valence-corrected chi connectivity index (χ3v) is 3.41. The number of carbonyl (C=O) groups excluding carboxylic acids is 1. The van der Waals surface area contributed by atoms with Crippen molar-refractivity contribution in [2.24, 2.45) is 5.92 Å². The average molecular weight is 295 g/mol. The molecule has 1 rings (SSSR count). The highest BCUT2D eigenvalue weighted by atomic mass is 16.6. The number of alkyl carbamates (subject to hydrolysis) is 1. The third-order valence-electron chi connectivity index (χ3n) is 3.41. The molecule has 1 amide bonds. The van der Waals surface area contributed by atoms with Gasteiger partial charge >= 0.3 is 6.09 Å². The van der Waals surface area contributed by atoms with Crippen molar-refractivity contribution in [3.05, 3.63) is 18.2 Å². The molecule has 1 aromatic rings. The lowest BCUT2D eigenvalue weighted by atomic mass is 10.1. The number of hydrogen-bond donors (Lipinski definition) is 1. The third kappa shape index (κ3) is 5.78. The average Bonchev–Trinajstić information content (AvgIpc) is 2.81. The van der Waals surface area contributed by atoms with Crippen LogP contribution >= 0.6 is 0 Å². The molecule has 0 aromatic carbocycles. The number of hydrogen-bond acceptors (Lipinski definition) is 3. The predicted molar refractivity (Wildman–Crippen MR) is 84.1 cm³/mol. The molecule has 0 saturated carbocycles. The van der Waals surface area contributed by atoms with Gasteiger partial charge in [0.05, 0.1) is 24.3 Å². The molecule has 2 atom stereocenters. The Balaban J connectivity index is 2.77. The van der Waals surface area contributed by atoms with Crippen LogP contribution in [-0.2, 0) is 11.3 Å². The maximum absolute atomic E-state index is 11.9. The maximum Gasteiger partial charge on any atom is 0.408 e. The SMILES string of the molecule is CCC(C)Cn1cncc1[C@@H](CC)NC(=O)OC(C)(C)C. The van der Waals surface area contributed by atoms with Gasteiger partial charge in [0, 0.05) is 6.54 Å². The summed E-state index contributed by atoms with van der Waals surface area (Å²) in [7, 11) is 0. The molecule has 0 spiro atoms. The van der Waals surface area contributed by atoms with E-state index in [9.17, 15) is 4.79 Å². The zero-order valence-corrected chi connectivity index (χ0v) is 14.1. The van der Waals surface area contributed by atoms with Gasteiger partial charge in [-0.15, -0.1) is 0 Å². The summed E-state index contributed by atoms with van der Waals surface area (Å²) in [6.07, 6.45) is 5.19. The Labute approximate surface area is 128 Å². The molecule has 1 aromatic heterocycles. The number of carbonyl (C=O) groups is 1. The number of ether oxygens (including phenoxy) is 1. The summed E-state index contributed by atoms with van der Waals surface area (Å²) in [6.45, 7) is 12.9. The Morgan fingerprint density at radius 2 is 2.05 bits per heavy atom. The molecule has 1 N–H and O–H groups in total. The van der Waals surface area contributed by atoms with Gasteiger partial charge in [-0.25, -0.2) is 9.78 Å². The largest absolute Gasteiger partial charge is 0.444 e. The molecule has 5 nitrogen and oxygen atoms in total. The van der Waals surface area contributed by atoms with Crippen LogP contribution in [0.3, 0.4) is 0 Å². The lowest BCUT2D eigenvalue weighted by Crippen LogP contribution is -2.35. The van der Waals surface area contributed by atoms with Crippen LogP contribution in [0.25, 0.3) is 0 Å². The van der Waals surface area contributed by atoms with Crippen LogP contribution in [0.5, 0.6) is 0 Å². The minimum absolute atomic E-state index is 0.0774. The van der Waals surface area contributed by atoms with Crippen molar-refractivity contribution in [3.8, 4) is 0 Å². The van der Waals surface area contributed by atoms with E-state index in [4.69, 9.17) is 4.74 Å². The standard InChI is InChI=1S/C16H29N3O2/c1-7-12(3)10-19-11-17-9-14(19)13(8-2)18-15(20)21-16(4,5)6/h9,11-13H,7-8,10H2,1-6H3,(H,18,20)/t12?,13-/m1/s1. The zero-order chi connectivity index (χ0) is 16.0. The van der Waals surface area contributed by atoms with E-state index in [0.717, 1.165) is 25.1 Å². The van der Waals surface area contributed by atoms with Crippen LogP contribution in [0.15, 0.2) is 12.5 Å². The van der Waals surface area contributed by atoms with Crippen molar-refractivity contribution >= 4 is 6.09 Å². The van der Waals surface area contributed by atoms with Gasteiger partial charge in [-0.2, -0.15) is 0 Å². The van der Waals surface area contributed by atoms with Gasteiger partial charge in [-0.1, -0.05) is 27.2 Å². The summed E-state index contributed by atoms with van der Waals surface area (Å²) in [6, 6.07) is -0.0774. The molecule has 1 unspecified atom stereocenters. The van der Waals surface area contributed by atoms with Crippen LogP contribution < -0.4 is 5.32 Å². The highest BCUT2D eigenvalue weighted by Gasteiger charge is 2.21. The first-order chi connectivity index (χ1) is 9.76. The summed E-state index contributed by atoms with van der Waals surface area (Å²) in [5.74, 6) is 0.581.